The van der Waals surface area contributed by atoms with Crippen molar-refractivity contribution in [3.05, 3.63) is 78.1 Å². The molecule has 0 radical (unpaired) electrons. The molecule has 1 aliphatic heterocycles. The SMILES string of the molecule is OC1(c2ccccc2)CCN(c2ccc3nc(-c4n[nH]c5cc(F)ccc45)[nH]c3c2)CC1. The summed E-state index contributed by atoms with van der Waals surface area (Å²) in [5, 5.41) is 19.1. The third kappa shape index (κ3) is 3.13. The molecule has 32 heavy (non-hydrogen) atoms. The van der Waals surface area contributed by atoms with Crippen LogP contribution in [-0.4, -0.2) is 38.4 Å². The molecule has 0 aliphatic carbocycles. The number of imidazole rings is 1. The second-order valence-electron chi connectivity index (χ2n) is 8.43. The van der Waals surface area contributed by atoms with Crippen molar-refractivity contribution in [2.24, 2.45) is 0 Å². The van der Waals surface area contributed by atoms with Gasteiger partial charge in [-0.1, -0.05) is 30.3 Å². The summed E-state index contributed by atoms with van der Waals surface area (Å²) in [4.78, 5) is 10.3. The molecular weight excluding hydrogens is 405 g/mol. The van der Waals surface area contributed by atoms with E-state index in [1.807, 2.05) is 36.4 Å². The van der Waals surface area contributed by atoms with E-state index < -0.39 is 5.60 Å². The van der Waals surface area contributed by atoms with Crippen LogP contribution in [0.25, 0.3) is 33.5 Å². The molecule has 160 valence electrons. The zero-order chi connectivity index (χ0) is 21.7. The minimum absolute atomic E-state index is 0.303. The van der Waals surface area contributed by atoms with Crippen LogP contribution < -0.4 is 4.90 Å². The van der Waals surface area contributed by atoms with Crippen LogP contribution in [0.1, 0.15) is 18.4 Å². The van der Waals surface area contributed by atoms with Gasteiger partial charge in [0, 0.05) is 24.2 Å². The number of hydrogen-bond acceptors (Lipinski definition) is 4. The lowest BCUT2D eigenvalue weighted by atomic mass is 9.84. The van der Waals surface area contributed by atoms with Crippen LogP contribution in [0.2, 0.25) is 0 Å². The standard InChI is InChI=1S/C25H22FN5O/c26-17-6-8-19-21(14-17)29-30-23(19)24-27-20-9-7-18(15-22(20)28-24)31-12-10-25(32,11-13-31)16-4-2-1-3-5-16/h1-9,14-15,32H,10-13H2,(H,27,28)(H,29,30). The van der Waals surface area contributed by atoms with E-state index in [2.05, 4.69) is 37.2 Å². The van der Waals surface area contributed by atoms with Crippen LogP contribution in [0.5, 0.6) is 0 Å². The molecule has 0 unspecified atom stereocenters. The second-order valence-corrected chi connectivity index (χ2v) is 8.43. The van der Waals surface area contributed by atoms with E-state index in [0.29, 0.717) is 29.9 Å². The number of rotatable bonds is 3. The van der Waals surface area contributed by atoms with Gasteiger partial charge in [-0.05, 0) is 54.8 Å². The molecule has 1 fully saturated rings. The van der Waals surface area contributed by atoms with E-state index in [9.17, 15) is 9.50 Å². The summed E-state index contributed by atoms with van der Waals surface area (Å²) >= 11 is 0. The normalized spacial score (nSPS) is 16.1. The lowest BCUT2D eigenvalue weighted by Crippen LogP contribution is -2.42. The maximum Gasteiger partial charge on any atom is 0.159 e. The van der Waals surface area contributed by atoms with Crippen molar-refractivity contribution in [2.75, 3.05) is 18.0 Å². The first kappa shape index (κ1) is 19.0. The molecule has 1 aliphatic rings. The molecular formula is C25H22FN5O. The van der Waals surface area contributed by atoms with E-state index in [-0.39, 0.29) is 5.82 Å². The maximum atomic E-state index is 13.5. The highest BCUT2D eigenvalue weighted by Gasteiger charge is 2.34. The van der Waals surface area contributed by atoms with Gasteiger partial charge in [-0.3, -0.25) is 5.10 Å². The largest absolute Gasteiger partial charge is 0.385 e. The second kappa shape index (κ2) is 7.17. The van der Waals surface area contributed by atoms with Crippen LogP contribution in [0.15, 0.2) is 66.7 Å². The number of fused-ring (bicyclic) bond motifs is 2. The van der Waals surface area contributed by atoms with E-state index in [4.69, 9.17) is 0 Å². The smallest absolute Gasteiger partial charge is 0.159 e. The van der Waals surface area contributed by atoms with Gasteiger partial charge in [0.25, 0.3) is 0 Å². The van der Waals surface area contributed by atoms with Crippen LogP contribution in [-0.2, 0) is 5.60 Å². The number of aromatic amines is 2. The average Bonchev–Trinajstić information content (AvgIpc) is 3.43. The van der Waals surface area contributed by atoms with Crippen LogP contribution >= 0.6 is 0 Å². The summed E-state index contributed by atoms with van der Waals surface area (Å²) in [6.07, 6.45) is 1.36. The fraction of sp³-hybridized carbons (Fsp3) is 0.200. The van der Waals surface area contributed by atoms with Crippen molar-refractivity contribution in [1.82, 2.24) is 20.2 Å². The number of aromatic nitrogens is 4. The summed E-state index contributed by atoms with van der Waals surface area (Å²) in [6, 6.07) is 20.6. The minimum atomic E-state index is -0.774. The maximum absolute atomic E-state index is 13.5. The van der Waals surface area contributed by atoms with Gasteiger partial charge in [0.1, 0.15) is 11.5 Å². The van der Waals surface area contributed by atoms with Gasteiger partial charge < -0.3 is 15.0 Å². The highest BCUT2D eigenvalue weighted by atomic mass is 19.1. The Morgan fingerprint density at radius 2 is 1.75 bits per heavy atom. The Labute approximate surface area is 183 Å². The molecule has 0 bridgehead atoms. The molecule has 5 aromatic rings. The summed E-state index contributed by atoms with van der Waals surface area (Å²) in [5.41, 5.74) is 4.38. The molecule has 7 heteroatoms. The number of nitrogens with zero attached hydrogens (tertiary/aromatic N) is 3. The summed E-state index contributed by atoms with van der Waals surface area (Å²) in [6.45, 7) is 1.54. The Hall–Kier alpha value is -3.71. The minimum Gasteiger partial charge on any atom is -0.385 e. The van der Waals surface area contributed by atoms with Gasteiger partial charge in [0.05, 0.1) is 22.2 Å². The van der Waals surface area contributed by atoms with Gasteiger partial charge in [-0.2, -0.15) is 5.10 Å². The monoisotopic (exact) mass is 427 g/mol. The van der Waals surface area contributed by atoms with Gasteiger partial charge in [-0.15, -0.1) is 0 Å². The Morgan fingerprint density at radius 1 is 0.938 bits per heavy atom. The average molecular weight is 427 g/mol. The lowest BCUT2D eigenvalue weighted by molar-refractivity contribution is 0.0118. The van der Waals surface area contributed by atoms with Crippen molar-refractivity contribution >= 4 is 27.6 Å². The van der Waals surface area contributed by atoms with Gasteiger partial charge in [0.2, 0.25) is 0 Å². The number of H-pyrrole nitrogens is 2. The number of aliphatic hydroxyl groups is 1. The zero-order valence-electron chi connectivity index (χ0n) is 17.3. The zero-order valence-corrected chi connectivity index (χ0v) is 17.3. The van der Waals surface area contributed by atoms with Crippen LogP contribution in [0, 0.1) is 5.82 Å². The molecule has 3 heterocycles. The number of hydrogen-bond donors (Lipinski definition) is 3. The summed E-state index contributed by atoms with van der Waals surface area (Å²) < 4.78 is 13.5. The van der Waals surface area contributed by atoms with Gasteiger partial charge in [0.15, 0.2) is 5.82 Å². The summed E-state index contributed by atoms with van der Waals surface area (Å²) in [7, 11) is 0. The van der Waals surface area contributed by atoms with Gasteiger partial charge in [-0.25, -0.2) is 9.37 Å². The van der Waals surface area contributed by atoms with Crippen molar-refractivity contribution in [2.45, 2.75) is 18.4 Å². The quantitative estimate of drug-likeness (QED) is 0.389. The predicted molar refractivity (Wildman–Crippen MR) is 123 cm³/mol. The predicted octanol–water partition coefficient (Wildman–Crippen LogP) is 4.73. The molecule has 6 nitrogen and oxygen atoms in total. The van der Waals surface area contributed by atoms with E-state index >= 15 is 0 Å². The molecule has 0 saturated carbocycles. The first-order valence-corrected chi connectivity index (χ1v) is 10.8. The van der Waals surface area contributed by atoms with E-state index in [1.54, 1.807) is 6.07 Å². The Kier molecular flexibility index (Phi) is 4.26. The number of anilines is 1. The van der Waals surface area contributed by atoms with Gasteiger partial charge >= 0.3 is 0 Å². The third-order valence-corrected chi connectivity index (χ3v) is 6.48. The van der Waals surface area contributed by atoms with Crippen LogP contribution in [0.3, 0.4) is 0 Å². The number of benzene rings is 3. The number of halogens is 1. The molecule has 2 aromatic heterocycles. The molecule has 1 saturated heterocycles. The topological polar surface area (TPSA) is 80.8 Å². The first-order chi connectivity index (χ1) is 15.6. The Bertz CT molecular complexity index is 1420. The van der Waals surface area contributed by atoms with E-state index in [0.717, 1.165) is 40.8 Å². The lowest BCUT2D eigenvalue weighted by Gasteiger charge is -2.39. The molecule has 0 amide bonds. The van der Waals surface area contributed by atoms with Crippen molar-refractivity contribution < 1.29 is 9.50 Å². The molecule has 3 aromatic carbocycles. The summed E-state index contributed by atoms with van der Waals surface area (Å²) in [5.74, 6) is 0.342. The fourth-order valence-corrected chi connectivity index (χ4v) is 4.65. The molecule has 0 spiro atoms. The number of piperidine rings is 1. The molecule has 3 N–H and O–H groups in total. The molecule has 6 rings (SSSR count). The van der Waals surface area contributed by atoms with Crippen molar-refractivity contribution in [1.29, 1.82) is 0 Å². The first-order valence-electron chi connectivity index (χ1n) is 10.8. The number of nitrogens with one attached hydrogen (secondary N) is 2. The van der Waals surface area contributed by atoms with E-state index in [1.165, 1.54) is 12.1 Å². The molecule has 0 atom stereocenters. The highest BCUT2D eigenvalue weighted by Crippen LogP contribution is 2.35. The van der Waals surface area contributed by atoms with Crippen LogP contribution in [0.4, 0.5) is 10.1 Å². The van der Waals surface area contributed by atoms with Crippen molar-refractivity contribution in [3.8, 4) is 11.5 Å². The Balaban J connectivity index is 1.27. The Morgan fingerprint density at radius 3 is 2.56 bits per heavy atom. The van der Waals surface area contributed by atoms with Crippen molar-refractivity contribution in [3.63, 3.8) is 0 Å². The fourth-order valence-electron chi connectivity index (χ4n) is 4.65. The third-order valence-electron chi connectivity index (χ3n) is 6.48. The highest BCUT2D eigenvalue weighted by molar-refractivity contribution is 5.93.